The number of urea groups is 1. The van der Waals surface area contributed by atoms with Gasteiger partial charge in [0.25, 0.3) is 0 Å². The molecule has 0 unspecified atom stereocenters. The van der Waals surface area contributed by atoms with Crippen LogP contribution in [0.2, 0.25) is 0 Å². The Bertz CT molecular complexity index is 985. The van der Waals surface area contributed by atoms with Gasteiger partial charge in [-0.25, -0.2) is 9.18 Å². The van der Waals surface area contributed by atoms with E-state index < -0.39 is 5.60 Å². The number of nitrogens with one attached hydrogen (secondary N) is 1. The summed E-state index contributed by atoms with van der Waals surface area (Å²) in [4.78, 5) is 14.4. The van der Waals surface area contributed by atoms with Gasteiger partial charge in [0.1, 0.15) is 5.82 Å². The number of hydrogen-bond acceptors (Lipinski definition) is 2. The predicted octanol–water partition coefficient (Wildman–Crippen LogP) is 5.74. The second-order valence-corrected chi connectivity index (χ2v) is 10.4. The smallest absolute Gasteiger partial charge is 0.322 e. The number of amides is 2. The average Bonchev–Trinajstić information content (AvgIpc) is 3.18. The third-order valence-corrected chi connectivity index (χ3v) is 8.47. The molecule has 2 aromatic carbocycles. The van der Waals surface area contributed by atoms with Crippen LogP contribution in [0.15, 0.2) is 42.5 Å². The molecule has 0 spiro atoms. The molecule has 0 atom stereocenters. The molecule has 2 bridgehead atoms. The van der Waals surface area contributed by atoms with Crippen LogP contribution in [0.1, 0.15) is 69.1 Å². The van der Waals surface area contributed by atoms with E-state index in [4.69, 9.17) is 0 Å². The SMILES string of the molecule is CC(C)(O)C12CCC(c3ccc(NC(=O)N4Cc5ccc(F)cc5C4)cc3)(CC1)CC2. The van der Waals surface area contributed by atoms with Crippen LogP contribution in [0.25, 0.3) is 0 Å². The van der Waals surface area contributed by atoms with Crippen molar-refractivity contribution in [2.45, 2.75) is 76.5 Å². The minimum absolute atomic E-state index is 0.0683. The van der Waals surface area contributed by atoms with Gasteiger partial charge in [0.15, 0.2) is 0 Å². The van der Waals surface area contributed by atoms with Crippen molar-refractivity contribution in [2.24, 2.45) is 5.41 Å². The Morgan fingerprint density at radius 1 is 0.968 bits per heavy atom. The highest BCUT2D eigenvalue weighted by Gasteiger charge is 2.54. The molecule has 6 rings (SSSR count). The quantitative estimate of drug-likeness (QED) is 0.663. The van der Waals surface area contributed by atoms with E-state index in [1.807, 2.05) is 26.0 Å². The lowest BCUT2D eigenvalue weighted by Gasteiger charge is -2.58. The van der Waals surface area contributed by atoms with Crippen molar-refractivity contribution in [3.8, 4) is 0 Å². The van der Waals surface area contributed by atoms with Gasteiger partial charge < -0.3 is 15.3 Å². The van der Waals surface area contributed by atoms with Crippen LogP contribution in [0, 0.1) is 11.2 Å². The second kappa shape index (κ2) is 7.06. The lowest BCUT2D eigenvalue weighted by atomic mass is 9.48. The fraction of sp³-hybridized carbons (Fsp3) is 0.500. The number of benzene rings is 2. The molecule has 1 heterocycles. The molecular weight excluding hydrogens is 391 g/mol. The number of hydrogen-bond donors (Lipinski definition) is 2. The highest BCUT2D eigenvalue weighted by molar-refractivity contribution is 5.89. The summed E-state index contributed by atoms with van der Waals surface area (Å²) in [5.41, 5.74) is 3.66. The van der Waals surface area contributed by atoms with Crippen LogP contribution >= 0.6 is 0 Å². The van der Waals surface area contributed by atoms with Crippen LogP contribution in [0.4, 0.5) is 14.9 Å². The third-order valence-electron chi connectivity index (χ3n) is 8.47. The van der Waals surface area contributed by atoms with Crippen molar-refractivity contribution >= 4 is 11.7 Å². The molecule has 2 aromatic rings. The van der Waals surface area contributed by atoms with Crippen molar-refractivity contribution in [1.82, 2.24) is 4.90 Å². The van der Waals surface area contributed by atoms with Crippen molar-refractivity contribution in [3.05, 3.63) is 65.0 Å². The summed E-state index contributed by atoms with van der Waals surface area (Å²) in [7, 11) is 0. The fourth-order valence-electron chi connectivity index (χ4n) is 6.15. The predicted molar refractivity (Wildman–Crippen MR) is 119 cm³/mol. The third kappa shape index (κ3) is 3.43. The summed E-state index contributed by atoms with van der Waals surface area (Å²) >= 11 is 0. The number of aliphatic hydroxyl groups is 1. The highest BCUT2D eigenvalue weighted by atomic mass is 19.1. The van der Waals surface area contributed by atoms with E-state index in [9.17, 15) is 14.3 Å². The highest BCUT2D eigenvalue weighted by Crippen LogP contribution is 2.61. The second-order valence-electron chi connectivity index (χ2n) is 10.4. The standard InChI is InChI=1S/C26H31FN2O2/c1-24(2,31)26-12-9-25(10-13-26,11-14-26)20-4-7-22(8-5-20)28-23(30)29-16-18-3-6-21(27)15-19(18)17-29/h3-8,15,31H,9-14,16-17H2,1-2H3,(H,28,30). The van der Waals surface area contributed by atoms with Crippen LogP contribution in [-0.4, -0.2) is 21.6 Å². The van der Waals surface area contributed by atoms with Gasteiger partial charge in [0, 0.05) is 18.8 Å². The van der Waals surface area contributed by atoms with Gasteiger partial charge in [0.05, 0.1) is 5.60 Å². The maximum Gasteiger partial charge on any atom is 0.322 e. The lowest BCUT2D eigenvalue weighted by Crippen LogP contribution is -2.53. The van der Waals surface area contributed by atoms with Crippen molar-refractivity contribution < 1.29 is 14.3 Å². The zero-order chi connectivity index (χ0) is 21.9. The van der Waals surface area contributed by atoms with Crippen molar-refractivity contribution in [2.75, 3.05) is 5.32 Å². The van der Waals surface area contributed by atoms with Crippen LogP contribution in [-0.2, 0) is 18.5 Å². The molecule has 0 aromatic heterocycles. The molecule has 31 heavy (non-hydrogen) atoms. The summed E-state index contributed by atoms with van der Waals surface area (Å²) in [6.07, 6.45) is 6.57. The molecule has 2 amide bonds. The van der Waals surface area contributed by atoms with Crippen molar-refractivity contribution in [1.29, 1.82) is 0 Å². The van der Waals surface area contributed by atoms with Gasteiger partial charge in [-0.3, -0.25) is 0 Å². The Morgan fingerprint density at radius 2 is 1.58 bits per heavy atom. The number of fused-ring (bicyclic) bond motifs is 4. The van der Waals surface area contributed by atoms with Gasteiger partial charge >= 0.3 is 6.03 Å². The first kappa shape index (κ1) is 20.5. The molecule has 164 valence electrons. The Kier molecular flexibility index (Phi) is 4.67. The number of rotatable bonds is 3. The number of halogens is 1. The minimum Gasteiger partial charge on any atom is -0.390 e. The average molecular weight is 423 g/mol. The first-order chi connectivity index (χ1) is 14.7. The fourth-order valence-corrected chi connectivity index (χ4v) is 6.15. The van der Waals surface area contributed by atoms with E-state index in [2.05, 4.69) is 17.4 Å². The molecule has 0 saturated heterocycles. The summed E-state index contributed by atoms with van der Waals surface area (Å²) < 4.78 is 13.4. The molecule has 2 N–H and O–H groups in total. The monoisotopic (exact) mass is 422 g/mol. The van der Waals surface area contributed by atoms with E-state index in [-0.39, 0.29) is 22.7 Å². The van der Waals surface area contributed by atoms with E-state index in [0.29, 0.717) is 13.1 Å². The van der Waals surface area contributed by atoms with E-state index in [1.54, 1.807) is 11.0 Å². The largest absolute Gasteiger partial charge is 0.390 e. The van der Waals surface area contributed by atoms with Gasteiger partial charge in [-0.15, -0.1) is 0 Å². The Morgan fingerprint density at radius 3 is 2.19 bits per heavy atom. The molecule has 4 aliphatic rings. The zero-order valence-electron chi connectivity index (χ0n) is 18.4. The maximum absolute atomic E-state index is 13.4. The van der Waals surface area contributed by atoms with Crippen LogP contribution in [0.3, 0.4) is 0 Å². The molecule has 4 nitrogen and oxygen atoms in total. The van der Waals surface area contributed by atoms with Crippen LogP contribution < -0.4 is 5.32 Å². The maximum atomic E-state index is 13.4. The molecule has 0 radical (unpaired) electrons. The van der Waals surface area contributed by atoms with E-state index in [1.165, 1.54) is 17.7 Å². The molecule has 3 fully saturated rings. The normalized spacial score (nSPS) is 27.3. The van der Waals surface area contributed by atoms with Crippen molar-refractivity contribution in [3.63, 3.8) is 0 Å². The molecule has 1 aliphatic heterocycles. The molecule has 3 aliphatic carbocycles. The number of carbonyl (C=O) groups excluding carboxylic acids is 1. The van der Waals surface area contributed by atoms with Crippen LogP contribution in [0.5, 0.6) is 0 Å². The minimum atomic E-state index is -0.616. The summed E-state index contributed by atoms with van der Waals surface area (Å²) in [6, 6.07) is 12.9. The van der Waals surface area contributed by atoms with Gasteiger partial charge in [-0.2, -0.15) is 0 Å². The summed E-state index contributed by atoms with van der Waals surface area (Å²) in [6.45, 7) is 4.88. The molecular formula is C26H31FN2O2. The number of anilines is 1. The summed E-state index contributed by atoms with van der Waals surface area (Å²) in [5, 5.41) is 13.7. The topological polar surface area (TPSA) is 52.6 Å². The van der Waals surface area contributed by atoms with Gasteiger partial charge in [0.2, 0.25) is 0 Å². The van der Waals surface area contributed by atoms with Gasteiger partial charge in [-0.05, 0) is 104 Å². The lowest BCUT2D eigenvalue weighted by molar-refractivity contribution is -0.120. The Hall–Kier alpha value is -2.40. The Balaban J connectivity index is 1.24. The first-order valence-corrected chi connectivity index (χ1v) is 11.4. The Labute approximate surface area is 183 Å². The zero-order valence-corrected chi connectivity index (χ0v) is 18.4. The van der Waals surface area contributed by atoms with Gasteiger partial charge in [-0.1, -0.05) is 18.2 Å². The summed E-state index contributed by atoms with van der Waals surface area (Å²) in [5.74, 6) is -0.263. The van der Waals surface area contributed by atoms with E-state index in [0.717, 1.165) is 55.3 Å². The molecule has 5 heteroatoms. The van der Waals surface area contributed by atoms with E-state index >= 15 is 0 Å². The first-order valence-electron chi connectivity index (χ1n) is 11.4. The molecule has 3 saturated carbocycles. The number of nitrogens with zero attached hydrogens (tertiary/aromatic N) is 1. The number of carbonyl (C=O) groups is 1.